The van der Waals surface area contributed by atoms with Crippen molar-refractivity contribution in [1.29, 1.82) is 0 Å². The summed E-state index contributed by atoms with van der Waals surface area (Å²) in [5, 5.41) is 31.7. The molecule has 408 valence electrons. The summed E-state index contributed by atoms with van der Waals surface area (Å²) in [6.45, 7) is 25.6. The quantitative estimate of drug-likeness (QED) is 0.260. The van der Waals surface area contributed by atoms with Gasteiger partial charge in [-0.15, -0.1) is 0 Å². The molecule has 12 aliphatic carbocycles. The first kappa shape index (κ1) is 50.4. The molecule has 6 nitrogen and oxygen atoms in total. The molecular weight excluding hydrogens is 889 g/mol. The van der Waals surface area contributed by atoms with Gasteiger partial charge in [0.25, 0.3) is 0 Å². The van der Waals surface area contributed by atoms with Crippen LogP contribution in [0.15, 0.2) is 0 Å². The molecule has 0 saturated heterocycles. The minimum absolute atomic E-state index is 0.0482. The summed E-state index contributed by atoms with van der Waals surface area (Å²) >= 11 is 0. The SMILES string of the molecule is CC(=O)[C@H]1CC[C@H]2[C@@H]3CC[C@H]4C[C@](C)(O)CC[C@]4(C)[C@H]3CC[C@]12C.[2H]C1([2H])C[C@H]2[C@@H]3CC[C@H]4C[C@](C)(O)CC[C@]4(C)[C@H]3CC[C@]2(C)[C@H]1C(C)=O.[2H][C@]1(C(C)=O)CC[C@H]2[C@@H]3CC[C@H]4C[C@](C)(O)CC[C@]4(C)[C@H]3CC[C@@]21C. The van der Waals surface area contributed by atoms with E-state index in [1.807, 2.05) is 27.7 Å². The van der Waals surface area contributed by atoms with Gasteiger partial charge in [0.2, 0.25) is 0 Å². The maximum absolute atomic E-state index is 12.4. The van der Waals surface area contributed by atoms with Crippen molar-refractivity contribution in [2.45, 2.75) is 273 Å². The third-order valence-corrected chi connectivity index (χ3v) is 27.6. The smallest absolute Gasteiger partial charge is 0.133 e. The average Bonchev–Trinajstić information content (AvgIpc) is 3.90. The maximum atomic E-state index is 12.4. The van der Waals surface area contributed by atoms with Crippen LogP contribution in [0.3, 0.4) is 0 Å². The summed E-state index contributed by atoms with van der Waals surface area (Å²) in [7, 11) is 0. The van der Waals surface area contributed by atoms with E-state index < -0.39 is 35.0 Å². The standard InChI is InChI=1S/3C22H36O2/c3*1-14(23)17-7-8-18-16-6-5-15-13-20(2,24)11-12-21(15,3)19(16)9-10-22(17,18)4/h3*15-19,24H,5-13H2,1-4H3/t3*15-,16-,17+,18-,19-,20+,21-,22+/m000/s1/i17D;7D2;. The second kappa shape index (κ2) is 18.5. The number of hydrogen-bond acceptors (Lipinski definition) is 6. The van der Waals surface area contributed by atoms with Gasteiger partial charge in [-0.25, -0.2) is 0 Å². The molecule has 6 heteroatoms. The van der Waals surface area contributed by atoms with Crippen LogP contribution in [0.1, 0.15) is 261 Å². The number of Topliss-reactive ketones (excluding diaryl/α,β-unsaturated/α-hetero) is 3. The highest BCUT2D eigenvalue weighted by Gasteiger charge is 2.65. The molecule has 0 spiro atoms. The van der Waals surface area contributed by atoms with E-state index in [1.165, 1.54) is 57.8 Å². The molecule has 3 N–H and O–H groups in total. The molecule has 72 heavy (non-hydrogen) atoms. The second-order valence-electron chi connectivity index (χ2n) is 31.4. The van der Waals surface area contributed by atoms with Crippen molar-refractivity contribution in [3.63, 3.8) is 0 Å². The third-order valence-electron chi connectivity index (χ3n) is 27.6. The number of carbonyl (C=O) groups excluding carboxylic acids is 3. The molecule has 24 atom stereocenters. The van der Waals surface area contributed by atoms with Crippen LogP contribution in [-0.4, -0.2) is 49.5 Å². The number of aliphatic hydroxyl groups is 3. The first-order valence-corrected chi connectivity index (χ1v) is 30.8. The minimum Gasteiger partial charge on any atom is -0.390 e. The van der Waals surface area contributed by atoms with Gasteiger partial charge in [0.05, 0.1) is 16.8 Å². The lowest BCUT2D eigenvalue weighted by molar-refractivity contribution is -0.150. The number of rotatable bonds is 3. The van der Waals surface area contributed by atoms with Crippen molar-refractivity contribution in [2.75, 3.05) is 0 Å². The van der Waals surface area contributed by atoms with Gasteiger partial charge < -0.3 is 15.3 Å². The van der Waals surface area contributed by atoms with Crippen LogP contribution < -0.4 is 0 Å². The highest BCUT2D eigenvalue weighted by Crippen LogP contribution is 2.71. The van der Waals surface area contributed by atoms with Gasteiger partial charge in [0.1, 0.15) is 17.3 Å². The first-order valence-electron chi connectivity index (χ1n) is 32.3. The van der Waals surface area contributed by atoms with E-state index in [1.54, 1.807) is 13.8 Å². The summed E-state index contributed by atoms with van der Waals surface area (Å²) in [6.07, 6.45) is 26.9. The molecule has 0 aliphatic heterocycles. The largest absolute Gasteiger partial charge is 0.390 e. The first-order chi connectivity index (χ1) is 34.6. The Balaban J connectivity index is 0.000000128. The molecule has 12 fully saturated rings. The summed E-state index contributed by atoms with van der Waals surface area (Å²) in [5.41, 5.74) is -0.361. The lowest BCUT2D eigenvalue weighted by Gasteiger charge is -2.61. The van der Waals surface area contributed by atoms with Crippen LogP contribution in [0.2, 0.25) is 0 Å². The summed E-state index contributed by atoms with van der Waals surface area (Å²) in [5.74, 6) is 7.49. The number of ketones is 3. The van der Waals surface area contributed by atoms with Gasteiger partial charge in [-0.3, -0.25) is 14.4 Å². The zero-order valence-corrected chi connectivity index (χ0v) is 48.0. The van der Waals surface area contributed by atoms with Crippen LogP contribution >= 0.6 is 0 Å². The normalized spacial score (nSPS) is 59.3. The maximum Gasteiger partial charge on any atom is 0.133 e. The number of fused-ring (bicyclic) bond motifs is 15. The van der Waals surface area contributed by atoms with Gasteiger partial charge in [0, 0.05) is 21.8 Å². The van der Waals surface area contributed by atoms with Crippen LogP contribution in [-0.2, 0) is 14.4 Å². The van der Waals surface area contributed by atoms with Crippen molar-refractivity contribution in [3.05, 3.63) is 0 Å². The molecule has 0 aromatic carbocycles. The van der Waals surface area contributed by atoms with E-state index >= 15 is 0 Å². The molecule has 0 aromatic rings. The zero-order valence-electron chi connectivity index (χ0n) is 51.0. The molecule has 12 rings (SSSR count). The Bertz CT molecular complexity index is 2220. The van der Waals surface area contributed by atoms with Crippen molar-refractivity contribution in [2.24, 2.45) is 121 Å². The van der Waals surface area contributed by atoms with E-state index in [4.69, 9.17) is 4.11 Å². The Morgan fingerprint density at radius 3 is 1.08 bits per heavy atom. The number of hydrogen-bond donors (Lipinski definition) is 3. The van der Waals surface area contributed by atoms with Crippen LogP contribution in [0.25, 0.3) is 0 Å². The van der Waals surface area contributed by atoms with Gasteiger partial charge in [-0.1, -0.05) is 41.5 Å². The lowest BCUT2D eigenvalue weighted by atomic mass is 9.44. The van der Waals surface area contributed by atoms with Crippen molar-refractivity contribution >= 4 is 17.3 Å². The fourth-order valence-corrected chi connectivity index (χ4v) is 23.5. The van der Waals surface area contributed by atoms with E-state index in [0.29, 0.717) is 76.3 Å². The Morgan fingerprint density at radius 1 is 0.361 bits per heavy atom. The molecule has 0 radical (unpaired) electrons. The van der Waals surface area contributed by atoms with E-state index in [9.17, 15) is 29.7 Å². The Labute approximate surface area is 443 Å². The third kappa shape index (κ3) is 8.71. The van der Waals surface area contributed by atoms with Crippen LogP contribution in [0, 0.1) is 121 Å². The van der Waals surface area contributed by atoms with Crippen LogP contribution in [0.5, 0.6) is 0 Å². The fraction of sp³-hybridized carbons (Fsp3) is 0.955. The minimum atomic E-state index is -1.35. The topological polar surface area (TPSA) is 112 Å². The highest BCUT2D eigenvalue weighted by atomic mass is 16.3. The lowest BCUT2D eigenvalue weighted by Crippen LogP contribution is -2.55. The van der Waals surface area contributed by atoms with Crippen molar-refractivity contribution < 1.29 is 33.8 Å². The van der Waals surface area contributed by atoms with Gasteiger partial charge in [-0.2, -0.15) is 0 Å². The van der Waals surface area contributed by atoms with E-state index in [-0.39, 0.29) is 33.2 Å². The van der Waals surface area contributed by atoms with E-state index in [0.717, 1.165) is 126 Å². The predicted molar refractivity (Wildman–Crippen MR) is 290 cm³/mol. The van der Waals surface area contributed by atoms with Crippen LogP contribution in [0.4, 0.5) is 0 Å². The fourth-order valence-electron chi connectivity index (χ4n) is 23.5. The highest BCUT2D eigenvalue weighted by molar-refractivity contribution is 5.80. The van der Waals surface area contributed by atoms with Gasteiger partial charge >= 0.3 is 0 Å². The number of carbonyl (C=O) groups is 3. The Morgan fingerprint density at radius 2 is 0.694 bits per heavy atom. The average molecular weight is 1000 g/mol. The molecular formula is C66H108O6. The zero-order chi connectivity index (χ0) is 54.7. The molecule has 0 unspecified atom stereocenters. The molecule has 0 aromatic heterocycles. The van der Waals surface area contributed by atoms with E-state index in [2.05, 4.69) is 41.5 Å². The Kier molecular flexibility index (Phi) is 13.0. The molecule has 0 heterocycles. The second-order valence-corrected chi connectivity index (χ2v) is 31.4. The summed E-state index contributed by atoms with van der Waals surface area (Å²) in [4.78, 5) is 36.9. The molecule has 0 amide bonds. The summed E-state index contributed by atoms with van der Waals surface area (Å²) < 4.78 is 26.2. The predicted octanol–water partition coefficient (Wildman–Crippen LogP) is 15.0. The van der Waals surface area contributed by atoms with Gasteiger partial charge in [-0.05, 0) is 318 Å². The summed E-state index contributed by atoms with van der Waals surface area (Å²) in [6, 6.07) is 0. The Hall–Kier alpha value is -1.11. The molecule has 12 saturated carbocycles. The molecule has 0 bridgehead atoms. The molecule has 12 aliphatic rings. The van der Waals surface area contributed by atoms with Crippen molar-refractivity contribution in [3.8, 4) is 0 Å². The monoisotopic (exact) mass is 1000 g/mol. The van der Waals surface area contributed by atoms with Gasteiger partial charge in [0.15, 0.2) is 0 Å². The van der Waals surface area contributed by atoms with Crippen molar-refractivity contribution in [1.82, 2.24) is 0 Å².